The molecule has 1 unspecified atom stereocenters. The van der Waals surface area contributed by atoms with Crippen LogP contribution in [0.1, 0.15) is 56.6 Å². The molecular formula is C23H33NO6. The fourth-order valence-electron chi connectivity index (χ4n) is 4.00. The highest BCUT2D eigenvalue weighted by molar-refractivity contribution is 5.89. The number of aliphatic carboxylic acids is 2. The summed E-state index contributed by atoms with van der Waals surface area (Å²) in [5.74, 6) is -1.47. The van der Waals surface area contributed by atoms with Crippen LogP contribution < -0.4 is 4.74 Å². The number of para-hydroxylation sites is 1. The molecule has 166 valence electrons. The first-order valence-electron chi connectivity index (χ1n) is 10.5. The molecule has 1 saturated carbocycles. The Morgan fingerprint density at radius 3 is 2.27 bits per heavy atom. The van der Waals surface area contributed by atoms with Gasteiger partial charge in [0.25, 0.3) is 0 Å². The van der Waals surface area contributed by atoms with Crippen LogP contribution >= 0.6 is 0 Å². The van der Waals surface area contributed by atoms with Crippen molar-refractivity contribution in [2.24, 2.45) is 0 Å². The van der Waals surface area contributed by atoms with Gasteiger partial charge in [0.2, 0.25) is 0 Å². The highest BCUT2D eigenvalue weighted by Gasteiger charge is 2.48. The zero-order valence-corrected chi connectivity index (χ0v) is 17.9. The van der Waals surface area contributed by atoms with Crippen molar-refractivity contribution in [3.8, 4) is 5.75 Å². The van der Waals surface area contributed by atoms with Crippen LogP contribution in [-0.2, 0) is 14.3 Å². The molecule has 1 aliphatic carbocycles. The highest BCUT2D eigenvalue weighted by atomic mass is 16.6. The summed E-state index contributed by atoms with van der Waals surface area (Å²) >= 11 is 0. The van der Waals surface area contributed by atoms with Crippen LogP contribution in [0.25, 0.3) is 0 Å². The van der Waals surface area contributed by atoms with Gasteiger partial charge in [0.15, 0.2) is 0 Å². The minimum Gasteiger partial charge on any atom is -0.484 e. The van der Waals surface area contributed by atoms with Crippen LogP contribution in [0.15, 0.2) is 36.4 Å². The zero-order valence-electron chi connectivity index (χ0n) is 17.9. The summed E-state index contributed by atoms with van der Waals surface area (Å²) in [6, 6.07) is 8.46. The number of nitrogens with zero attached hydrogens (tertiary/aromatic N) is 1. The van der Waals surface area contributed by atoms with Crippen LogP contribution in [0, 0.1) is 0 Å². The number of rotatable bonds is 7. The van der Waals surface area contributed by atoms with E-state index in [0.29, 0.717) is 12.2 Å². The SMILES string of the molecule is CN(C)CCCOC1c2ccccc2OC12CCCCCC2.O=C(O)C=CC(=O)O. The van der Waals surface area contributed by atoms with Crippen molar-refractivity contribution in [3.05, 3.63) is 42.0 Å². The summed E-state index contributed by atoms with van der Waals surface area (Å²) in [4.78, 5) is 21.3. The zero-order chi connectivity index (χ0) is 22.0. The van der Waals surface area contributed by atoms with Crippen molar-refractivity contribution >= 4 is 11.9 Å². The van der Waals surface area contributed by atoms with E-state index in [-0.39, 0.29) is 11.7 Å². The maximum absolute atomic E-state index is 9.55. The number of hydrogen-bond donors (Lipinski definition) is 2. The van der Waals surface area contributed by atoms with Gasteiger partial charge in [-0.3, -0.25) is 0 Å². The van der Waals surface area contributed by atoms with Crippen LogP contribution in [0.2, 0.25) is 0 Å². The first-order chi connectivity index (χ1) is 14.3. The Balaban J connectivity index is 0.000000343. The molecule has 0 amide bonds. The molecule has 1 aromatic rings. The minimum absolute atomic E-state index is 0.113. The smallest absolute Gasteiger partial charge is 0.328 e. The summed E-state index contributed by atoms with van der Waals surface area (Å²) in [7, 11) is 4.22. The Morgan fingerprint density at radius 1 is 1.10 bits per heavy atom. The molecule has 7 nitrogen and oxygen atoms in total. The average Bonchev–Trinajstić information content (AvgIpc) is 2.82. The van der Waals surface area contributed by atoms with Crippen molar-refractivity contribution in [1.82, 2.24) is 4.90 Å². The summed E-state index contributed by atoms with van der Waals surface area (Å²) in [6.07, 6.45) is 9.72. The number of fused-ring (bicyclic) bond motifs is 1. The van der Waals surface area contributed by atoms with Crippen molar-refractivity contribution in [2.45, 2.75) is 56.7 Å². The van der Waals surface area contributed by atoms with E-state index in [1.165, 1.54) is 31.2 Å². The average molecular weight is 420 g/mol. The van der Waals surface area contributed by atoms with Crippen LogP contribution in [0.5, 0.6) is 5.75 Å². The van der Waals surface area contributed by atoms with Crippen molar-refractivity contribution < 1.29 is 29.3 Å². The van der Waals surface area contributed by atoms with Gasteiger partial charge >= 0.3 is 11.9 Å². The molecule has 1 aromatic carbocycles. The molecule has 1 fully saturated rings. The molecule has 1 heterocycles. The Hall–Kier alpha value is -2.38. The number of carboxylic acids is 2. The van der Waals surface area contributed by atoms with Crippen molar-refractivity contribution in [1.29, 1.82) is 0 Å². The van der Waals surface area contributed by atoms with E-state index < -0.39 is 11.9 Å². The van der Waals surface area contributed by atoms with E-state index in [1.54, 1.807) is 0 Å². The quantitative estimate of drug-likeness (QED) is 0.511. The van der Waals surface area contributed by atoms with Crippen LogP contribution in [0.4, 0.5) is 0 Å². The molecule has 2 aliphatic rings. The number of hydrogen-bond acceptors (Lipinski definition) is 5. The Bertz CT molecular complexity index is 706. The molecule has 30 heavy (non-hydrogen) atoms. The van der Waals surface area contributed by atoms with E-state index in [2.05, 4.69) is 43.3 Å². The fourth-order valence-corrected chi connectivity index (χ4v) is 4.00. The summed E-state index contributed by atoms with van der Waals surface area (Å²) in [5, 5.41) is 15.6. The summed E-state index contributed by atoms with van der Waals surface area (Å²) in [5.41, 5.74) is 1.15. The van der Waals surface area contributed by atoms with Gasteiger partial charge in [-0.1, -0.05) is 31.0 Å². The molecule has 7 heteroatoms. The monoisotopic (exact) mass is 419 g/mol. The molecule has 3 rings (SSSR count). The molecule has 1 aliphatic heterocycles. The Kier molecular flexibility index (Phi) is 9.33. The predicted molar refractivity (Wildman–Crippen MR) is 114 cm³/mol. The predicted octanol–water partition coefficient (Wildman–Crippen LogP) is 3.89. The number of carboxylic acid groups (broad SMARTS) is 2. The van der Waals surface area contributed by atoms with Gasteiger partial charge in [-0.25, -0.2) is 9.59 Å². The summed E-state index contributed by atoms with van der Waals surface area (Å²) < 4.78 is 12.8. The lowest BCUT2D eigenvalue weighted by Gasteiger charge is -2.33. The standard InChI is InChI=1S/C19H29NO2.C4H4O4/c1-20(2)14-9-15-21-18-16-10-5-6-11-17(16)22-19(18)12-7-3-4-8-13-19;5-3(6)1-2-4(7)8/h5-6,10-11,18H,3-4,7-9,12-15H2,1-2H3;1-2H,(H,5,6)(H,7,8). The third kappa shape index (κ3) is 7.15. The van der Waals surface area contributed by atoms with Gasteiger partial charge in [-0.2, -0.15) is 0 Å². The second-order valence-electron chi connectivity index (χ2n) is 8.04. The maximum atomic E-state index is 9.55. The van der Waals surface area contributed by atoms with Gasteiger partial charge in [0.1, 0.15) is 17.5 Å². The van der Waals surface area contributed by atoms with Crippen molar-refractivity contribution in [2.75, 3.05) is 27.2 Å². The van der Waals surface area contributed by atoms with E-state index >= 15 is 0 Å². The topological polar surface area (TPSA) is 96.3 Å². The van der Waals surface area contributed by atoms with Gasteiger partial charge < -0.3 is 24.6 Å². The second-order valence-corrected chi connectivity index (χ2v) is 8.04. The first kappa shape index (κ1) is 23.9. The number of carbonyl (C=O) groups is 2. The normalized spacial score (nSPS) is 19.6. The van der Waals surface area contributed by atoms with Gasteiger partial charge in [0.05, 0.1) is 0 Å². The van der Waals surface area contributed by atoms with E-state index in [4.69, 9.17) is 19.7 Å². The first-order valence-corrected chi connectivity index (χ1v) is 10.5. The van der Waals surface area contributed by atoms with Gasteiger partial charge in [-0.05, 0) is 58.8 Å². The van der Waals surface area contributed by atoms with E-state index in [0.717, 1.165) is 38.2 Å². The van der Waals surface area contributed by atoms with E-state index in [1.807, 2.05) is 0 Å². The molecule has 2 N–H and O–H groups in total. The molecule has 0 aromatic heterocycles. The number of ether oxygens (including phenoxy) is 2. The minimum atomic E-state index is -1.26. The Morgan fingerprint density at radius 2 is 1.70 bits per heavy atom. The molecule has 0 bridgehead atoms. The third-order valence-corrected chi connectivity index (χ3v) is 5.35. The lowest BCUT2D eigenvalue weighted by atomic mass is 9.86. The van der Waals surface area contributed by atoms with Crippen molar-refractivity contribution in [3.63, 3.8) is 0 Å². The summed E-state index contributed by atoms with van der Waals surface area (Å²) in [6.45, 7) is 1.88. The third-order valence-electron chi connectivity index (χ3n) is 5.35. The fraction of sp³-hybridized carbons (Fsp3) is 0.565. The lowest BCUT2D eigenvalue weighted by Crippen LogP contribution is -2.39. The molecule has 1 spiro atoms. The largest absolute Gasteiger partial charge is 0.484 e. The van der Waals surface area contributed by atoms with E-state index in [9.17, 15) is 9.59 Å². The molecular weight excluding hydrogens is 386 g/mol. The lowest BCUT2D eigenvalue weighted by molar-refractivity contribution is -0.134. The molecule has 0 radical (unpaired) electrons. The molecule has 1 atom stereocenters. The van der Waals surface area contributed by atoms with Crippen LogP contribution in [0.3, 0.4) is 0 Å². The second kappa shape index (κ2) is 11.7. The van der Waals surface area contributed by atoms with Gasteiger partial charge in [-0.15, -0.1) is 0 Å². The molecule has 0 saturated heterocycles. The number of benzene rings is 1. The van der Waals surface area contributed by atoms with Gasteiger partial charge in [0, 0.05) is 24.3 Å². The Labute approximate surface area is 178 Å². The highest BCUT2D eigenvalue weighted by Crippen LogP contribution is 2.51. The van der Waals surface area contributed by atoms with Crippen LogP contribution in [-0.4, -0.2) is 59.9 Å². The maximum Gasteiger partial charge on any atom is 0.328 e.